The molecule has 4 bridgehead atoms. The summed E-state index contributed by atoms with van der Waals surface area (Å²) in [6, 6.07) is 9.41. The molecule has 44 heavy (non-hydrogen) atoms. The zero-order valence-corrected chi connectivity index (χ0v) is 28.7. The Morgan fingerprint density at radius 1 is 0.841 bits per heavy atom. The van der Waals surface area contributed by atoms with Gasteiger partial charge in [-0.2, -0.15) is 0 Å². The van der Waals surface area contributed by atoms with Crippen molar-refractivity contribution in [1.82, 2.24) is 0 Å². The fraction of sp³-hybridized carbons (Fsp3) is 0.442. The SMILES string of the molecule is C=C/C=C\CC(C=C)C12CC3CC(CC(C(=C)/C=C\C=C(/C)B(c4c(C)cc(C)cc4C)c4c(C)cc(C)cc4C)(C3)C1)C2. The average Bonchev–Trinajstić information content (AvgIpc) is 2.92. The van der Waals surface area contributed by atoms with E-state index in [1.54, 1.807) is 0 Å². The van der Waals surface area contributed by atoms with Gasteiger partial charge in [-0.15, -0.1) is 6.58 Å². The molecule has 3 unspecified atom stereocenters. The molecule has 0 aromatic heterocycles. The minimum absolute atomic E-state index is 0.230. The van der Waals surface area contributed by atoms with Crippen LogP contribution in [-0.4, -0.2) is 6.71 Å². The highest BCUT2D eigenvalue weighted by Crippen LogP contribution is 2.69. The maximum absolute atomic E-state index is 4.80. The van der Waals surface area contributed by atoms with E-state index in [0.717, 1.165) is 18.3 Å². The maximum atomic E-state index is 4.80. The molecule has 230 valence electrons. The molecule has 0 N–H and O–H groups in total. The number of rotatable bonds is 11. The van der Waals surface area contributed by atoms with Crippen LogP contribution < -0.4 is 10.9 Å². The first-order valence-corrected chi connectivity index (χ1v) is 17.0. The predicted molar refractivity (Wildman–Crippen MR) is 196 cm³/mol. The van der Waals surface area contributed by atoms with E-state index in [-0.39, 0.29) is 12.1 Å². The molecule has 0 heterocycles. The van der Waals surface area contributed by atoms with E-state index in [0.29, 0.717) is 11.3 Å². The van der Waals surface area contributed by atoms with E-state index in [1.807, 2.05) is 6.08 Å². The van der Waals surface area contributed by atoms with Gasteiger partial charge in [-0.3, -0.25) is 0 Å². The summed E-state index contributed by atoms with van der Waals surface area (Å²) in [5.74, 6) is 2.19. The maximum Gasteiger partial charge on any atom is 0.238 e. The van der Waals surface area contributed by atoms with Crippen molar-refractivity contribution >= 4 is 17.6 Å². The first-order valence-electron chi connectivity index (χ1n) is 17.0. The molecule has 4 aliphatic rings. The molecule has 3 atom stereocenters. The fourth-order valence-corrected chi connectivity index (χ4v) is 10.5. The van der Waals surface area contributed by atoms with Crippen molar-refractivity contribution in [2.24, 2.45) is 28.6 Å². The summed E-state index contributed by atoms with van der Waals surface area (Å²) in [6.45, 7) is 29.2. The highest BCUT2D eigenvalue weighted by molar-refractivity contribution is 6.92. The third-order valence-electron chi connectivity index (χ3n) is 11.7. The third kappa shape index (κ3) is 6.09. The zero-order valence-electron chi connectivity index (χ0n) is 28.7. The molecule has 6 rings (SSSR count). The van der Waals surface area contributed by atoms with Crippen LogP contribution >= 0.6 is 0 Å². The van der Waals surface area contributed by atoms with Gasteiger partial charge in [0.15, 0.2) is 0 Å². The van der Waals surface area contributed by atoms with Gasteiger partial charge in [0.1, 0.15) is 0 Å². The van der Waals surface area contributed by atoms with Crippen LogP contribution in [-0.2, 0) is 0 Å². The summed E-state index contributed by atoms with van der Waals surface area (Å²) < 4.78 is 0. The molecule has 1 heteroatoms. The van der Waals surface area contributed by atoms with Crippen LogP contribution in [0.25, 0.3) is 0 Å². The van der Waals surface area contributed by atoms with Gasteiger partial charge in [-0.05, 0) is 121 Å². The average molecular weight is 583 g/mol. The fourth-order valence-electron chi connectivity index (χ4n) is 10.5. The Bertz CT molecular complexity index is 1420. The van der Waals surface area contributed by atoms with Crippen LogP contribution in [0, 0.1) is 70.1 Å². The van der Waals surface area contributed by atoms with Crippen molar-refractivity contribution < 1.29 is 0 Å². The topological polar surface area (TPSA) is 0 Å². The minimum Gasteiger partial charge on any atom is -0.103 e. The lowest BCUT2D eigenvalue weighted by atomic mass is 9.34. The van der Waals surface area contributed by atoms with Gasteiger partial charge in [0.05, 0.1) is 0 Å². The van der Waals surface area contributed by atoms with Crippen molar-refractivity contribution in [2.45, 2.75) is 93.4 Å². The van der Waals surface area contributed by atoms with E-state index in [1.165, 1.54) is 93.9 Å². The molecule has 2 aromatic rings. The molecule has 0 amide bonds. The quantitative estimate of drug-likeness (QED) is 0.140. The van der Waals surface area contributed by atoms with E-state index in [2.05, 4.69) is 122 Å². The minimum atomic E-state index is 0.230. The molecular weight excluding hydrogens is 527 g/mol. The summed E-state index contributed by atoms with van der Waals surface area (Å²) in [7, 11) is 0. The first kappa shape index (κ1) is 32.3. The molecule has 0 spiro atoms. The molecule has 0 aliphatic heterocycles. The number of hydrogen-bond donors (Lipinski definition) is 0. The lowest BCUT2D eigenvalue weighted by Crippen LogP contribution is -2.54. The first-order chi connectivity index (χ1) is 20.9. The Morgan fingerprint density at radius 2 is 1.36 bits per heavy atom. The molecule has 0 radical (unpaired) electrons. The molecular formula is C43H55B. The highest BCUT2D eigenvalue weighted by Gasteiger charge is 2.59. The van der Waals surface area contributed by atoms with Gasteiger partial charge in [0.2, 0.25) is 6.71 Å². The summed E-state index contributed by atoms with van der Waals surface area (Å²) in [4.78, 5) is 0. The van der Waals surface area contributed by atoms with Crippen molar-refractivity contribution in [2.75, 3.05) is 0 Å². The Balaban J connectivity index is 1.47. The lowest BCUT2D eigenvalue weighted by Gasteiger charge is -2.64. The van der Waals surface area contributed by atoms with Gasteiger partial charge >= 0.3 is 0 Å². The molecule has 4 aliphatic carbocycles. The van der Waals surface area contributed by atoms with Crippen LogP contribution in [0.2, 0.25) is 0 Å². The Labute approximate surface area is 269 Å². The third-order valence-corrected chi connectivity index (χ3v) is 11.7. The van der Waals surface area contributed by atoms with Crippen molar-refractivity contribution in [3.63, 3.8) is 0 Å². The zero-order chi connectivity index (χ0) is 31.8. The van der Waals surface area contributed by atoms with E-state index in [4.69, 9.17) is 6.58 Å². The normalized spacial score (nSPS) is 26.8. The van der Waals surface area contributed by atoms with Crippen molar-refractivity contribution in [1.29, 1.82) is 0 Å². The van der Waals surface area contributed by atoms with Gasteiger partial charge in [-0.25, -0.2) is 0 Å². The van der Waals surface area contributed by atoms with Gasteiger partial charge in [-0.1, -0.05) is 137 Å². The lowest BCUT2D eigenvalue weighted by molar-refractivity contribution is -0.110. The van der Waals surface area contributed by atoms with Crippen LogP contribution in [0.1, 0.15) is 85.3 Å². The second-order valence-electron chi connectivity index (χ2n) is 15.2. The number of benzene rings is 2. The number of hydrogen-bond acceptors (Lipinski definition) is 0. The number of aryl methyl sites for hydroxylation is 6. The van der Waals surface area contributed by atoms with Crippen LogP contribution in [0.5, 0.6) is 0 Å². The van der Waals surface area contributed by atoms with Crippen LogP contribution in [0.3, 0.4) is 0 Å². The second kappa shape index (κ2) is 12.7. The van der Waals surface area contributed by atoms with Gasteiger partial charge < -0.3 is 0 Å². The molecule has 0 saturated heterocycles. The summed E-state index contributed by atoms with van der Waals surface area (Å²) in [6.07, 6.45) is 24.8. The predicted octanol–water partition coefficient (Wildman–Crippen LogP) is 10.3. The molecule has 2 aromatic carbocycles. The van der Waals surface area contributed by atoms with Crippen LogP contribution in [0.4, 0.5) is 0 Å². The summed E-state index contributed by atoms with van der Waals surface area (Å²) in [5, 5.41) is 0. The standard InChI is InChI=1S/C43H55B/c1-11-13-14-18-39(12-2)43-26-37-23-38(27-43)25-42(24-37,28-43)35(9)16-15-17-36(10)44(40-31(5)19-29(3)20-32(40)6)41-33(7)21-30(4)22-34(41)8/h11-17,19-22,37-39H,1-2,9,18,23-28H2,3-8,10H3/b14-13-,16-15-,36-17+. The van der Waals surface area contributed by atoms with E-state index < -0.39 is 0 Å². The Kier molecular flexibility index (Phi) is 9.37. The summed E-state index contributed by atoms with van der Waals surface area (Å²) in [5.41, 5.74) is 14.4. The van der Waals surface area contributed by atoms with Crippen LogP contribution in [0.15, 0.2) is 97.6 Å². The molecule has 4 saturated carbocycles. The smallest absolute Gasteiger partial charge is 0.103 e. The number of allylic oxidation sites excluding steroid dienone is 9. The molecule has 0 nitrogen and oxygen atoms in total. The van der Waals surface area contributed by atoms with Gasteiger partial charge in [0.25, 0.3) is 0 Å². The summed E-state index contributed by atoms with van der Waals surface area (Å²) >= 11 is 0. The molecule has 4 fully saturated rings. The van der Waals surface area contributed by atoms with Crippen molar-refractivity contribution in [3.05, 3.63) is 131 Å². The van der Waals surface area contributed by atoms with Crippen molar-refractivity contribution in [3.8, 4) is 0 Å². The second-order valence-corrected chi connectivity index (χ2v) is 15.2. The Morgan fingerprint density at radius 3 is 1.84 bits per heavy atom. The highest BCUT2D eigenvalue weighted by atomic mass is 14.6. The van der Waals surface area contributed by atoms with Gasteiger partial charge in [0, 0.05) is 0 Å². The Hall–Kier alpha value is -3.06. The largest absolute Gasteiger partial charge is 0.238 e. The van der Waals surface area contributed by atoms with E-state index >= 15 is 0 Å². The monoisotopic (exact) mass is 582 g/mol. The van der Waals surface area contributed by atoms with E-state index in [9.17, 15) is 0 Å².